The summed E-state index contributed by atoms with van der Waals surface area (Å²) in [5.41, 5.74) is 0. The van der Waals surface area contributed by atoms with Crippen LogP contribution in [-0.2, 0) is 29.2 Å². The summed E-state index contributed by atoms with van der Waals surface area (Å²) in [4.78, 5) is 23.8. The Morgan fingerprint density at radius 3 is 1.63 bits per heavy atom. The summed E-state index contributed by atoms with van der Waals surface area (Å²) in [6, 6.07) is 0. The van der Waals surface area contributed by atoms with Crippen LogP contribution >= 0.6 is 0 Å². The van der Waals surface area contributed by atoms with Gasteiger partial charge < -0.3 is 12.3 Å². The summed E-state index contributed by atoms with van der Waals surface area (Å²) >= 11 is 0. The van der Waals surface area contributed by atoms with E-state index in [1.807, 2.05) is 0 Å². The minimum absolute atomic E-state index is 0. The van der Waals surface area contributed by atoms with Gasteiger partial charge in [0.1, 0.15) is 0 Å². The van der Waals surface area contributed by atoms with Crippen LogP contribution in [0.5, 0.6) is 0 Å². The summed E-state index contributed by atoms with van der Waals surface area (Å²) in [5, 5.41) is -1.93. The Morgan fingerprint density at radius 2 is 1.23 bits per heavy atom. The normalized spacial score (nSPS) is 12.1. The van der Waals surface area contributed by atoms with Gasteiger partial charge in [-0.1, -0.05) is 66.2 Å². The van der Waals surface area contributed by atoms with E-state index in [9.17, 15) is 22.6 Å². The second-order valence-electron chi connectivity index (χ2n) is 8.08. The smallest absolute Gasteiger partial charge is 1.00 e. The monoisotopic (exact) mass is 470 g/mol. The molecule has 0 aromatic rings. The van der Waals surface area contributed by atoms with E-state index in [2.05, 4.69) is 27.7 Å². The number of ether oxygens (including phenoxy) is 2. The fourth-order valence-electron chi connectivity index (χ4n) is 2.64. The molecule has 0 fully saturated rings. The van der Waals surface area contributed by atoms with Crippen LogP contribution in [0.2, 0.25) is 0 Å². The van der Waals surface area contributed by atoms with E-state index in [0.717, 1.165) is 38.5 Å². The molecule has 0 spiro atoms. The first-order chi connectivity index (χ1) is 13.0. The van der Waals surface area contributed by atoms with Gasteiger partial charge in [-0.15, -0.1) is 0 Å². The molecule has 0 saturated carbocycles. The molecule has 170 valence electrons. The van der Waals surface area contributed by atoms with Gasteiger partial charge >= 0.3 is 71.1 Å². The van der Waals surface area contributed by atoms with E-state index in [-0.39, 0.29) is 75.2 Å². The topological polar surface area (TPSA) is 107 Å². The van der Waals surface area contributed by atoms with Crippen LogP contribution in [0.3, 0.4) is 0 Å². The maximum absolute atomic E-state index is 12.0. The Kier molecular flexibility index (Phi) is 24.2. The molecular formula is C20H40Na2O7S. The molecule has 0 saturated heterocycles. The van der Waals surface area contributed by atoms with Gasteiger partial charge in [0.25, 0.3) is 10.1 Å². The first-order valence-corrected chi connectivity index (χ1v) is 11.8. The first kappa shape index (κ1) is 35.4. The zero-order valence-electron chi connectivity index (χ0n) is 21.8. The molecule has 0 heterocycles. The molecule has 0 aliphatic rings. The van der Waals surface area contributed by atoms with E-state index in [0.29, 0.717) is 24.7 Å². The molecule has 0 radical (unpaired) electrons. The molecule has 10 heteroatoms. The van der Waals surface area contributed by atoms with Crippen molar-refractivity contribution in [3.63, 3.8) is 0 Å². The molecular weight excluding hydrogens is 430 g/mol. The van der Waals surface area contributed by atoms with Crippen molar-refractivity contribution in [2.75, 3.05) is 13.2 Å². The minimum Gasteiger partial charge on any atom is -1.00 e. The third-order valence-electron chi connectivity index (χ3n) is 4.33. The Bertz CT molecular complexity index is 562. The number of carbonyl (C=O) groups is 2. The van der Waals surface area contributed by atoms with Crippen LogP contribution in [0.1, 0.15) is 88.3 Å². The maximum atomic E-state index is 12.0. The molecule has 1 unspecified atom stereocenters. The molecule has 30 heavy (non-hydrogen) atoms. The van der Waals surface area contributed by atoms with Gasteiger partial charge in [0, 0.05) is 0 Å². The minimum atomic E-state index is -4.74. The number of esters is 2. The van der Waals surface area contributed by atoms with Crippen molar-refractivity contribution >= 4 is 22.1 Å². The fraction of sp³-hybridized carbons (Fsp3) is 0.900. The molecule has 0 rings (SSSR count). The number of unbranched alkanes of at least 4 members (excludes halogenated alkanes) is 4. The van der Waals surface area contributed by atoms with E-state index in [1.54, 1.807) is 0 Å². The van der Waals surface area contributed by atoms with E-state index in [4.69, 9.17) is 9.47 Å². The van der Waals surface area contributed by atoms with E-state index in [1.165, 1.54) is 0 Å². The molecule has 0 amide bonds. The third-order valence-corrected chi connectivity index (χ3v) is 5.41. The predicted octanol–water partition coefficient (Wildman–Crippen LogP) is -1.61. The van der Waals surface area contributed by atoms with Crippen LogP contribution in [0.15, 0.2) is 0 Å². The first-order valence-electron chi connectivity index (χ1n) is 10.3. The zero-order valence-corrected chi connectivity index (χ0v) is 24.6. The van der Waals surface area contributed by atoms with Crippen molar-refractivity contribution in [2.24, 2.45) is 11.8 Å². The zero-order chi connectivity index (χ0) is 21.6. The van der Waals surface area contributed by atoms with Crippen molar-refractivity contribution in [3.05, 3.63) is 0 Å². The summed E-state index contributed by atoms with van der Waals surface area (Å²) in [6.07, 6.45) is 6.52. The molecule has 0 aliphatic carbocycles. The van der Waals surface area contributed by atoms with Gasteiger partial charge in [-0.05, 0) is 24.7 Å². The van der Waals surface area contributed by atoms with Crippen molar-refractivity contribution in [1.29, 1.82) is 0 Å². The average Bonchev–Trinajstić information content (AvgIpc) is 2.57. The molecule has 0 aliphatic heterocycles. The SMILES string of the molecule is CC(C)CCCCCOC(=O)CC(C(=O)OCCCCCC(C)C)S(=O)(=O)O.[H-].[H-].[Na+].[Na+]. The Labute approximate surface area is 230 Å². The number of hydrogen-bond donors (Lipinski definition) is 1. The van der Waals surface area contributed by atoms with Gasteiger partial charge in [0.15, 0.2) is 5.25 Å². The van der Waals surface area contributed by atoms with Gasteiger partial charge in [0.05, 0.1) is 19.6 Å². The van der Waals surface area contributed by atoms with Crippen molar-refractivity contribution in [2.45, 2.75) is 90.7 Å². The fourth-order valence-corrected chi connectivity index (χ4v) is 3.29. The third kappa shape index (κ3) is 20.7. The second-order valence-corrected chi connectivity index (χ2v) is 9.68. The van der Waals surface area contributed by atoms with Crippen molar-refractivity contribution < 1.29 is 94.0 Å². The van der Waals surface area contributed by atoms with Crippen molar-refractivity contribution in [1.82, 2.24) is 0 Å². The summed E-state index contributed by atoms with van der Waals surface area (Å²) in [6.45, 7) is 8.76. The predicted molar refractivity (Wildman–Crippen MR) is 111 cm³/mol. The van der Waals surface area contributed by atoms with Gasteiger partial charge in [-0.2, -0.15) is 8.42 Å². The molecule has 0 aromatic carbocycles. The summed E-state index contributed by atoms with van der Waals surface area (Å²) < 4.78 is 42.1. The second kappa shape index (κ2) is 20.5. The van der Waals surface area contributed by atoms with Crippen LogP contribution < -0.4 is 59.1 Å². The van der Waals surface area contributed by atoms with Crippen LogP contribution in [0.4, 0.5) is 0 Å². The van der Waals surface area contributed by atoms with Gasteiger partial charge in [-0.3, -0.25) is 14.1 Å². The van der Waals surface area contributed by atoms with Gasteiger partial charge in [-0.25, -0.2) is 0 Å². The molecule has 0 aromatic heterocycles. The molecule has 7 nitrogen and oxygen atoms in total. The summed E-state index contributed by atoms with van der Waals surface area (Å²) in [7, 11) is -4.74. The van der Waals surface area contributed by atoms with Crippen LogP contribution in [-0.4, -0.2) is 43.4 Å². The van der Waals surface area contributed by atoms with Crippen LogP contribution in [0, 0.1) is 11.8 Å². The van der Waals surface area contributed by atoms with Gasteiger partial charge in [0.2, 0.25) is 0 Å². The molecule has 0 bridgehead atoms. The average molecular weight is 471 g/mol. The number of rotatable bonds is 16. The van der Waals surface area contributed by atoms with Crippen LogP contribution in [0.25, 0.3) is 0 Å². The molecule has 1 N–H and O–H groups in total. The Balaban J connectivity index is -0.000000607. The Morgan fingerprint density at radius 1 is 0.800 bits per heavy atom. The standard InChI is InChI=1S/C20H38O7S.2Na.2H/c1-16(2)11-7-5-9-13-26-19(21)15-18(28(23,24)25)20(22)27-14-10-6-8-12-17(3)4;;;;/h16-18H,5-15H2,1-4H3,(H,23,24,25);;;;/q;2*+1;2*-1. The quantitative estimate of drug-likeness (QED) is 0.125. The largest absolute Gasteiger partial charge is 1.00 e. The molecule has 1 atom stereocenters. The Hall–Kier alpha value is 0.850. The number of carbonyl (C=O) groups excluding carboxylic acids is 2. The maximum Gasteiger partial charge on any atom is 1.00 e. The number of hydrogen-bond acceptors (Lipinski definition) is 6. The van der Waals surface area contributed by atoms with E-state index < -0.39 is 33.7 Å². The van der Waals surface area contributed by atoms with Crippen molar-refractivity contribution in [3.8, 4) is 0 Å². The summed E-state index contributed by atoms with van der Waals surface area (Å²) in [5.74, 6) is -0.715. The van der Waals surface area contributed by atoms with E-state index >= 15 is 0 Å².